The smallest absolute Gasteiger partial charge is 0.235 e. The molecule has 2 aliphatic heterocycles. The molecular weight excluding hydrogens is 338 g/mol. The molecule has 3 aliphatic rings. The zero-order valence-electron chi connectivity index (χ0n) is 17.9. The Labute approximate surface area is 165 Å². The van der Waals surface area contributed by atoms with Crippen molar-refractivity contribution in [3.63, 3.8) is 0 Å². The van der Waals surface area contributed by atoms with Crippen LogP contribution in [0.3, 0.4) is 0 Å². The van der Waals surface area contributed by atoms with E-state index in [0.717, 1.165) is 52.0 Å². The number of piperazine rings is 1. The van der Waals surface area contributed by atoms with Crippen molar-refractivity contribution >= 4 is 11.8 Å². The molecule has 0 aromatic carbocycles. The van der Waals surface area contributed by atoms with E-state index in [2.05, 4.69) is 37.5 Å². The van der Waals surface area contributed by atoms with Crippen molar-refractivity contribution in [3.05, 3.63) is 0 Å². The van der Waals surface area contributed by atoms with Gasteiger partial charge in [0.1, 0.15) is 0 Å². The first-order valence-electron chi connectivity index (χ1n) is 11.1. The van der Waals surface area contributed by atoms with Crippen molar-refractivity contribution < 1.29 is 9.59 Å². The number of carbonyl (C=O) groups is 2. The van der Waals surface area contributed by atoms with Gasteiger partial charge in [-0.25, -0.2) is 0 Å². The van der Waals surface area contributed by atoms with E-state index in [0.29, 0.717) is 6.54 Å². The predicted octanol–water partition coefficient (Wildman–Crippen LogP) is 3.00. The molecule has 2 bridgehead atoms. The van der Waals surface area contributed by atoms with E-state index < -0.39 is 0 Å². The van der Waals surface area contributed by atoms with Gasteiger partial charge in [-0.2, -0.15) is 0 Å². The van der Waals surface area contributed by atoms with Gasteiger partial charge in [0.25, 0.3) is 0 Å². The van der Waals surface area contributed by atoms with Crippen molar-refractivity contribution in [1.82, 2.24) is 14.7 Å². The Kier molecular flexibility index (Phi) is 6.31. The topological polar surface area (TPSA) is 43.9 Å². The fraction of sp³-hybridized carbons (Fsp3) is 0.909. The van der Waals surface area contributed by atoms with Gasteiger partial charge in [0.15, 0.2) is 0 Å². The molecule has 0 aromatic heterocycles. The van der Waals surface area contributed by atoms with Crippen LogP contribution in [0.2, 0.25) is 0 Å². The fourth-order valence-corrected chi connectivity index (χ4v) is 5.39. The summed E-state index contributed by atoms with van der Waals surface area (Å²) < 4.78 is 0. The molecule has 0 spiro atoms. The lowest BCUT2D eigenvalue weighted by atomic mass is 9.62. The van der Waals surface area contributed by atoms with E-state index in [1.807, 2.05) is 0 Å². The zero-order valence-corrected chi connectivity index (χ0v) is 17.9. The quantitative estimate of drug-likeness (QED) is 0.482. The number of hydrogen-bond donors (Lipinski definition) is 0. The molecule has 3 fully saturated rings. The number of carbonyl (C=O) groups excluding carboxylic acids is 2. The molecule has 5 nitrogen and oxygen atoms in total. The Balaban J connectivity index is 1.44. The van der Waals surface area contributed by atoms with Crippen molar-refractivity contribution in [3.8, 4) is 0 Å². The average Bonchev–Trinajstić information content (AvgIpc) is 2.83. The second-order valence-corrected chi connectivity index (χ2v) is 9.68. The average molecular weight is 378 g/mol. The number of nitrogens with zero attached hydrogens (tertiary/aromatic N) is 3. The summed E-state index contributed by atoms with van der Waals surface area (Å²) >= 11 is 0. The molecular formula is C22H39N3O2. The van der Waals surface area contributed by atoms with Crippen LogP contribution in [0.15, 0.2) is 0 Å². The minimum absolute atomic E-state index is 0.0202. The maximum atomic E-state index is 13.1. The molecule has 3 rings (SSSR count). The summed E-state index contributed by atoms with van der Waals surface area (Å²) in [6, 6.07) is 0. The lowest BCUT2D eigenvalue weighted by Gasteiger charge is -2.47. The second kappa shape index (κ2) is 8.20. The van der Waals surface area contributed by atoms with E-state index in [1.165, 1.54) is 25.8 Å². The number of unbranched alkanes of at least 4 members (excludes halogenated alkanes) is 2. The highest BCUT2D eigenvalue weighted by atomic mass is 16.2. The lowest BCUT2D eigenvalue weighted by molar-refractivity contribution is -0.167. The molecule has 5 heteroatoms. The second-order valence-electron chi connectivity index (χ2n) is 9.68. The van der Waals surface area contributed by atoms with Gasteiger partial charge in [-0.3, -0.25) is 14.5 Å². The molecule has 0 N–H and O–H groups in total. The summed E-state index contributed by atoms with van der Waals surface area (Å²) in [5.41, 5.74) is -0.568. The summed E-state index contributed by atoms with van der Waals surface area (Å²) in [7, 11) is 0. The molecule has 2 atom stereocenters. The van der Waals surface area contributed by atoms with Crippen LogP contribution < -0.4 is 0 Å². The van der Waals surface area contributed by atoms with Crippen LogP contribution in [0.1, 0.15) is 66.2 Å². The summed E-state index contributed by atoms with van der Waals surface area (Å²) in [6.45, 7) is 15.9. The summed E-state index contributed by atoms with van der Waals surface area (Å²) in [5.74, 6) is 0.180. The lowest BCUT2D eigenvalue weighted by Crippen LogP contribution is -2.59. The number of piperidine rings is 1. The van der Waals surface area contributed by atoms with E-state index in [1.54, 1.807) is 4.90 Å². The first-order valence-corrected chi connectivity index (χ1v) is 11.1. The molecule has 1 saturated carbocycles. The molecule has 2 heterocycles. The van der Waals surface area contributed by atoms with Gasteiger partial charge in [-0.15, -0.1) is 0 Å². The van der Waals surface area contributed by atoms with Gasteiger partial charge in [-0.05, 0) is 44.2 Å². The molecule has 2 amide bonds. The molecule has 0 radical (unpaired) electrons. The number of amides is 2. The fourth-order valence-electron chi connectivity index (χ4n) is 5.39. The van der Waals surface area contributed by atoms with E-state index in [4.69, 9.17) is 0 Å². The third-order valence-corrected chi connectivity index (χ3v) is 7.91. The minimum atomic E-state index is -0.365. The van der Waals surface area contributed by atoms with Gasteiger partial charge in [-0.1, -0.05) is 40.5 Å². The number of rotatable bonds is 8. The molecule has 154 valence electrons. The highest BCUT2D eigenvalue weighted by molar-refractivity contribution is 6.03. The van der Waals surface area contributed by atoms with Crippen molar-refractivity contribution in [2.75, 3.05) is 45.8 Å². The Morgan fingerprint density at radius 1 is 0.889 bits per heavy atom. The first kappa shape index (κ1) is 20.8. The largest absolute Gasteiger partial charge is 0.301 e. The number of likely N-dealkylation sites (tertiary alicyclic amines) is 1. The Morgan fingerprint density at radius 3 is 2.07 bits per heavy atom. The standard InChI is InChI=1S/C22H39N3O2/c1-5-6-7-11-23-14-16-24(17-15-23)12-8-13-25-19(26)18-9-10-22(4,20(25)27)21(18,2)3/h18H,5-17H2,1-4H3. The van der Waals surface area contributed by atoms with Crippen molar-refractivity contribution in [1.29, 1.82) is 0 Å². The monoisotopic (exact) mass is 377 g/mol. The van der Waals surface area contributed by atoms with Gasteiger partial charge < -0.3 is 9.80 Å². The van der Waals surface area contributed by atoms with E-state index in [9.17, 15) is 9.59 Å². The summed E-state index contributed by atoms with van der Waals surface area (Å²) in [5, 5.41) is 0. The van der Waals surface area contributed by atoms with Gasteiger partial charge in [0.05, 0.1) is 5.41 Å². The maximum absolute atomic E-state index is 13.1. The highest BCUT2D eigenvalue weighted by Crippen LogP contribution is 2.59. The maximum Gasteiger partial charge on any atom is 0.235 e. The van der Waals surface area contributed by atoms with E-state index >= 15 is 0 Å². The zero-order chi connectivity index (χ0) is 19.7. The predicted molar refractivity (Wildman–Crippen MR) is 108 cm³/mol. The number of imide groups is 1. The van der Waals surface area contributed by atoms with Crippen LogP contribution in [0.5, 0.6) is 0 Å². The Bertz CT molecular complexity index is 554. The highest BCUT2D eigenvalue weighted by Gasteiger charge is 2.64. The van der Waals surface area contributed by atoms with Gasteiger partial charge in [0.2, 0.25) is 11.8 Å². The summed E-state index contributed by atoms with van der Waals surface area (Å²) in [4.78, 5) is 32.6. The molecule has 0 aromatic rings. The molecule has 2 unspecified atom stereocenters. The molecule has 2 saturated heterocycles. The SMILES string of the molecule is CCCCCN1CCN(CCCN2C(=O)C3CCC(C)(C2=O)C3(C)C)CC1. The third-order valence-electron chi connectivity index (χ3n) is 7.91. The third kappa shape index (κ3) is 3.82. The minimum Gasteiger partial charge on any atom is -0.301 e. The van der Waals surface area contributed by atoms with Crippen LogP contribution in [-0.2, 0) is 9.59 Å². The van der Waals surface area contributed by atoms with Crippen LogP contribution >= 0.6 is 0 Å². The van der Waals surface area contributed by atoms with Crippen molar-refractivity contribution in [2.45, 2.75) is 66.2 Å². The summed E-state index contributed by atoms with van der Waals surface area (Å²) in [6.07, 6.45) is 6.54. The van der Waals surface area contributed by atoms with Crippen LogP contribution in [0.4, 0.5) is 0 Å². The molecule has 27 heavy (non-hydrogen) atoms. The van der Waals surface area contributed by atoms with Crippen molar-refractivity contribution in [2.24, 2.45) is 16.7 Å². The first-order chi connectivity index (χ1) is 12.8. The van der Waals surface area contributed by atoms with Gasteiger partial charge in [0, 0.05) is 38.6 Å². The van der Waals surface area contributed by atoms with Crippen LogP contribution in [0.25, 0.3) is 0 Å². The van der Waals surface area contributed by atoms with Crippen LogP contribution in [0, 0.1) is 16.7 Å². The molecule has 1 aliphatic carbocycles. The van der Waals surface area contributed by atoms with Gasteiger partial charge >= 0.3 is 0 Å². The Morgan fingerprint density at radius 2 is 1.48 bits per heavy atom. The normalized spacial score (nSPS) is 31.7. The van der Waals surface area contributed by atoms with E-state index in [-0.39, 0.29) is 28.6 Å². The Hall–Kier alpha value is -0.940. The number of fused-ring (bicyclic) bond motifs is 2. The number of hydrogen-bond acceptors (Lipinski definition) is 4. The van der Waals surface area contributed by atoms with Crippen LogP contribution in [-0.4, -0.2) is 72.3 Å².